The highest BCUT2D eigenvalue weighted by Crippen LogP contribution is 2.29. The molecule has 0 radical (unpaired) electrons. The average molecular weight is 310 g/mol. The Morgan fingerprint density at radius 1 is 1.05 bits per heavy atom. The summed E-state index contributed by atoms with van der Waals surface area (Å²) in [4.78, 5) is 12.0. The van der Waals surface area contributed by atoms with Gasteiger partial charge >= 0.3 is 6.18 Å². The van der Waals surface area contributed by atoms with Gasteiger partial charge in [0.1, 0.15) is 5.82 Å². The van der Waals surface area contributed by atoms with Gasteiger partial charge in [0.15, 0.2) is 5.78 Å². The van der Waals surface area contributed by atoms with Crippen LogP contribution in [-0.2, 0) is 12.6 Å². The molecule has 1 nitrogen and oxygen atoms in total. The molecule has 116 valence electrons. The Hall–Kier alpha value is -2.17. The summed E-state index contributed by atoms with van der Waals surface area (Å²) in [5, 5.41) is 0. The first kappa shape index (κ1) is 16.2. The van der Waals surface area contributed by atoms with Crippen molar-refractivity contribution in [3.05, 3.63) is 70.5 Å². The number of benzene rings is 2. The maximum atomic E-state index is 13.1. The number of hydrogen-bond donors (Lipinski definition) is 0. The van der Waals surface area contributed by atoms with Crippen LogP contribution in [0.15, 0.2) is 42.5 Å². The highest BCUT2D eigenvalue weighted by atomic mass is 19.4. The third-order valence-electron chi connectivity index (χ3n) is 3.40. The van der Waals surface area contributed by atoms with Gasteiger partial charge in [0.25, 0.3) is 0 Å². The molecular formula is C17H14F4O. The first-order chi connectivity index (χ1) is 10.3. The van der Waals surface area contributed by atoms with Crippen LogP contribution in [0.3, 0.4) is 0 Å². The third kappa shape index (κ3) is 3.93. The lowest BCUT2D eigenvalue weighted by Crippen LogP contribution is -2.05. The van der Waals surface area contributed by atoms with Gasteiger partial charge in [0.05, 0.1) is 5.56 Å². The molecule has 0 atom stereocenters. The molecule has 22 heavy (non-hydrogen) atoms. The lowest BCUT2D eigenvalue weighted by atomic mass is 10.0. The van der Waals surface area contributed by atoms with E-state index in [-0.39, 0.29) is 18.0 Å². The van der Waals surface area contributed by atoms with Gasteiger partial charge < -0.3 is 0 Å². The lowest BCUT2D eigenvalue weighted by molar-refractivity contribution is -0.137. The minimum atomic E-state index is -4.36. The number of carbonyl (C=O) groups excluding carboxylic acids is 1. The number of hydrogen-bond acceptors (Lipinski definition) is 1. The number of Topliss-reactive ketones (excluding diaryl/α,β-unsaturated/α-hetero) is 1. The Balaban J connectivity index is 2.00. The standard InChI is InChI=1S/C17H14F4O/c1-11-10-13(5-8-15(11)18)16(22)9-4-12-2-6-14(7-3-12)17(19,20)21/h2-3,5-8,10H,4,9H2,1H3. The van der Waals surface area contributed by atoms with Gasteiger partial charge in [0.2, 0.25) is 0 Å². The highest BCUT2D eigenvalue weighted by molar-refractivity contribution is 5.96. The second-order valence-corrected chi connectivity index (χ2v) is 5.08. The van der Waals surface area contributed by atoms with E-state index in [2.05, 4.69) is 0 Å². The number of alkyl halides is 3. The molecule has 0 aromatic heterocycles. The molecule has 0 spiro atoms. The topological polar surface area (TPSA) is 17.1 Å². The molecule has 2 rings (SSSR count). The van der Waals surface area contributed by atoms with E-state index < -0.39 is 11.7 Å². The monoisotopic (exact) mass is 310 g/mol. The van der Waals surface area contributed by atoms with E-state index in [9.17, 15) is 22.4 Å². The summed E-state index contributed by atoms with van der Waals surface area (Å²) in [6.07, 6.45) is -3.86. The van der Waals surface area contributed by atoms with Gasteiger partial charge in [-0.1, -0.05) is 12.1 Å². The molecule has 0 saturated carbocycles. The molecule has 0 aliphatic carbocycles. The van der Waals surface area contributed by atoms with Gasteiger partial charge in [-0.3, -0.25) is 4.79 Å². The maximum absolute atomic E-state index is 13.1. The van der Waals surface area contributed by atoms with Crippen molar-refractivity contribution in [3.8, 4) is 0 Å². The molecule has 2 aromatic rings. The van der Waals surface area contributed by atoms with Crippen LogP contribution in [0.5, 0.6) is 0 Å². The summed E-state index contributed by atoms with van der Waals surface area (Å²) in [5.41, 5.74) is 0.739. The highest BCUT2D eigenvalue weighted by Gasteiger charge is 2.29. The zero-order valence-corrected chi connectivity index (χ0v) is 11.9. The van der Waals surface area contributed by atoms with Crippen molar-refractivity contribution in [1.29, 1.82) is 0 Å². The molecule has 0 amide bonds. The normalized spacial score (nSPS) is 11.5. The van der Waals surface area contributed by atoms with Crippen molar-refractivity contribution in [2.45, 2.75) is 25.9 Å². The van der Waals surface area contributed by atoms with E-state index in [1.807, 2.05) is 0 Å². The Morgan fingerprint density at radius 2 is 1.68 bits per heavy atom. The minimum Gasteiger partial charge on any atom is -0.294 e. The molecule has 0 aliphatic rings. The van der Waals surface area contributed by atoms with Crippen LogP contribution in [0.4, 0.5) is 17.6 Å². The van der Waals surface area contributed by atoms with Gasteiger partial charge in [-0.25, -0.2) is 4.39 Å². The Kier molecular flexibility index (Phi) is 4.64. The smallest absolute Gasteiger partial charge is 0.294 e. The summed E-state index contributed by atoms with van der Waals surface area (Å²) in [7, 11) is 0. The zero-order chi connectivity index (χ0) is 16.3. The molecule has 2 aromatic carbocycles. The number of carbonyl (C=O) groups is 1. The summed E-state index contributed by atoms with van der Waals surface area (Å²) >= 11 is 0. The van der Waals surface area contributed by atoms with Crippen molar-refractivity contribution in [1.82, 2.24) is 0 Å². The Bertz CT molecular complexity index is 672. The maximum Gasteiger partial charge on any atom is 0.416 e. The molecule has 0 bridgehead atoms. The van der Waals surface area contributed by atoms with E-state index in [4.69, 9.17) is 0 Å². The molecule has 0 saturated heterocycles. The summed E-state index contributed by atoms with van der Waals surface area (Å²) in [5.74, 6) is -0.540. The van der Waals surface area contributed by atoms with E-state index in [0.717, 1.165) is 12.1 Å². The van der Waals surface area contributed by atoms with E-state index in [0.29, 0.717) is 23.1 Å². The predicted octanol–water partition coefficient (Wildman–Crippen LogP) is 4.97. The summed E-state index contributed by atoms with van der Waals surface area (Å²) < 4.78 is 50.5. The number of ketones is 1. The molecule has 0 heterocycles. The van der Waals surface area contributed by atoms with Crippen LogP contribution < -0.4 is 0 Å². The van der Waals surface area contributed by atoms with Crippen LogP contribution >= 0.6 is 0 Å². The Labute approximate surface area is 125 Å². The molecule has 0 N–H and O–H groups in total. The summed E-state index contributed by atoms with van der Waals surface area (Å²) in [6.45, 7) is 1.57. The second kappa shape index (κ2) is 6.30. The molecule has 0 unspecified atom stereocenters. The molecule has 0 fully saturated rings. The first-order valence-electron chi connectivity index (χ1n) is 6.73. The van der Waals surface area contributed by atoms with Gasteiger partial charge in [-0.15, -0.1) is 0 Å². The first-order valence-corrected chi connectivity index (χ1v) is 6.73. The van der Waals surface area contributed by atoms with Crippen molar-refractivity contribution in [2.75, 3.05) is 0 Å². The van der Waals surface area contributed by atoms with E-state index in [1.165, 1.54) is 30.3 Å². The number of aryl methyl sites for hydroxylation is 2. The van der Waals surface area contributed by atoms with Gasteiger partial charge in [-0.05, 0) is 54.8 Å². The van der Waals surface area contributed by atoms with Crippen LogP contribution in [-0.4, -0.2) is 5.78 Å². The van der Waals surface area contributed by atoms with Crippen LogP contribution in [0.1, 0.15) is 33.5 Å². The summed E-state index contributed by atoms with van der Waals surface area (Å²) in [6, 6.07) is 8.87. The molecule has 0 aliphatic heterocycles. The third-order valence-corrected chi connectivity index (χ3v) is 3.40. The fourth-order valence-electron chi connectivity index (χ4n) is 2.08. The Morgan fingerprint density at radius 3 is 2.23 bits per heavy atom. The van der Waals surface area contributed by atoms with Crippen molar-refractivity contribution in [2.24, 2.45) is 0 Å². The lowest BCUT2D eigenvalue weighted by Gasteiger charge is -2.07. The predicted molar refractivity (Wildman–Crippen MR) is 75.2 cm³/mol. The van der Waals surface area contributed by atoms with Crippen LogP contribution in [0.2, 0.25) is 0 Å². The van der Waals surface area contributed by atoms with Crippen molar-refractivity contribution in [3.63, 3.8) is 0 Å². The fourth-order valence-corrected chi connectivity index (χ4v) is 2.08. The molecule has 5 heteroatoms. The SMILES string of the molecule is Cc1cc(C(=O)CCc2ccc(C(F)(F)F)cc2)ccc1F. The second-order valence-electron chi connectivity index (χ2n) is 5.08. The van der Waals surface area contributed by atoms with E-state index in [1.54, 1.807) is 6.92 Å². The van der Waals surface area contributed by atoms with Crippen LogP contribution in [0.25, 0.3) is 0 Å². The number of rotatable bonds is 4. The van der Waals surface area contributed by atoms with Gasteiger partial charge in [-0.2, -0.15) is 13.2 Å². The van der Waals surface area contributed by atoms with Gasteiger partial charge in [0, 0.05) is 12.0 Å². The minimum absolute atomic E-state index is 0.163. The van der Waals surface area contributed by atoms with Crippen molar-refractivity contribution < 1.29 is 22.4 Å². The van der Waals surface area contributed by atoms with Crippen LogP contribution in [0, 0.1) is 12.7 Å². The molecular weight excluding hydrogens is 296 g/mol. The largest absolute Gasteiger partial charge is 0.416 e. The van der Waals surface area contributed by atoms with Crippen molar-refractivity contribution >= 4 is 5.78 Å². The number of halogens is 4. The quantitative estimate of drug-likeness (QED) is 0.575. The zero-order valence-electron chi connectivity index (χ0n) is 11.9. The fraction of sp³-hybridized carbons (Fsp3) is 0.235. The van der Waals surface area contributed by atoms with E-state index >= 15 is 0 Å². The average Bonchev–Trinajstić information content (AvgIpc) is 2.47.